The molecule has 12 heteroatoms. The third-order valence-corrected chi connectivity index (χ3v) is 7.03. The Labute approximate surface area is 232 Å². The van der Waals surface area contributed by atoms with E-state index in [1.54, 1.807) is 18.2 Å². The summed E-state index contributed by atoms with van der Waals surface area (Å²) in [5.41, 5.74) is 12.5. The summed E-state index contributed by atoms with van der Waals surface area (Å²) in [6, 6.07) is 18.0. The number of rotatable bonds is 8. The number of hydrogen-bond acceptors (Lipinski definition) is 8. The lowest BCUT2D eigenvalue weighted by atomic mass is 10.0. The molecule has 3 amide bonds. The van der Waals surface area contributed by atoms with Crippen LogP contribution in [0.4, 0.5) is 15.8 Å². The van der Waals surface area contributed by atoms with E-state index in [0.717, 1.165) is 5.56 Å². The minimum Gasteiger partial charge on any atom is -0.486 e. The van der Waals surface area contributed by atoms with E-state index in [0.29, 0.717) is 41.8 Å². The maximum Gasteiger partial charge on any atom is 0.273 e. The number of nitrogens with zero attached hydrogens (tertiary/aromatic N) is 2. The van der Waals surface area contributed by atoms with Gasteiger partial charge in [0.05, 0.1) is 5.69 Å². The highest BCUT2D eigenvalue weighted by Gasteiger charge is 2.36. The summed E-state index contributed by atoms with van der Waals surface area (Å²) in [6.45, 7) is 0.838. The second-order valence-electron chi connectivity index (χ2n) is 8.80. The number of fused-ring (bicyclic) bond motifs is 1. The second kappa shape index (κ2) is 11.4. The van der Waals surface area contributed by atoms with Gasteiger partial charge in [-0.1, -0.05) is 42.5 Å². The van der Waals surface area contributed by atoms with Crippen LogP contribution in [0.5, 0.6) is 11.5 Å². The Kier molecular flexibility index (Phi) is 7.60. The molecule has 1 atom stereocenters. The molecule has 1 aromatic heterocycles. The Bertz CT molecular complexity index is 1560. The molecule has 1 aliphatic rings. The number of halogens is 1. The number of hydrogen-bond donors (Lipinski definition) is 3. The summed E-state index contributed by atoms with van der Waals surface area (Å²) in [5.74, 6) is -1.82. The SMILES string of the molecule is NC(=O)c1nsc(C(=O)N(c2ccc3c(c2)OCCO3)C(C(=O)NCc2ccccc2)c2ccc(F)cc2)c1N. The van der Waals surface area contributed by atoms with Gasteiger partial charge in [0.15, 0.2) is 17.2 Å². The first-order chi connectivity index (χ1) is 19.3. The van der Waals surface area contributed by atoms with E-state index in [1.807, 2.05) is 30.3 Å². The number of carbonyl (C=O) groups excluding carboxylic acids is 3. The minimum absolute atomic E-state index is 0.0911. The van der Waals surface area contributed by atoms with Crippen LogP contribution in [0, 0.1) is 5.82 Å². The third-order valence-electron chi connectivity index (χ3n) is 6.18. The van der Waals surface area contributed by atoms with Gasteiger partial charge in [0.25, 0.3) is 11.8 Å². The predicted octanol–water partition coefficient (Wildman–Crippen LogP) is 3.44. The van der Waals surface area contributed by atoms with Crippen LogP contribution in [0.1, 0.15) is 37.3 Å². The zero-order valence-corrected chi connectivity index (χ0v) is 21.8. The number of nitrogens with one attached hydrogen (secondary N) is 1. The molecule has 10 nitrogen and oxygen atoms in total. The summed E-state index contributed by atoms with van der Waals surface area (Å²) in [6.07, 6.45) is 0. The van der Waals surface area contributed by atoms with Gasteiger partial charge >= 0.3 is 0 Å². The monoisotopic (exact) mass is 561 g/mol. The molecule has 0 saturated carbocycles. The lowest BCUT2D eigenvalue weighted by Crippen LogP contribution is -2.44. The molecule has 5 N–H and O–H groups in total. The lowest BCUT2D eigenvalue weighted by Gasteiger charge is -2.32. The summed E-state index contributed by atoms with van der Waals surface area (Å²) in [7, 11) is 0. The van der Waals surface area contributed by atoms with Gasteiger partial charge in [-0.25, -0.2) is 4.39 Å². The Morgan fingerprint density at radius 3 is 2.38 bits per heavy atom. The van der Waals surface area contributed by atoms with Crippen molar-refractivity contribution >= 4 is 40.6 Å². The Morgan fingerprint density at radius 2 is 1.70 bits per heavy atom. The molecule has 40 heavy (non-hydrogen) atoms. The van der Waals surface area contributed by atoms with Crippen LogP contribution in [0.2, 0.25) is 0 Å². The van der Waals surface area contributed by atoms with Crippen LogP contribution >= 0.6 is 11.5 Å². The van der Waals surface area contributed by atoms with Crippen molar-refractivity contribution in [2.24, 2.45) is 5.73 Å². The highest BCUT2D eigenvalue weighted by molar-refractivity contribution is 7.09. The zero-order valence-electron chi connectivity index (χ0n) is 21.0. The van der Waals surface area contributed by atoms with E-state index in [-0.39, 0.29) is 28.5 Å². The second-order valence-corrected chi connectivity index (χ2v) is 9.57. The fourth-order valence-electron chi connectivity index (χ4n) is 4.25. The smallest absolute Gasteiger partial charge is 0.273 e. The van der Waals surface area contributed by atoms with Crippen molar-refractivity contribution in [2.45, 2.75) is 12.6 Å². The molecule has 5 rings (SSSR count). The standard InChI is InChI=1S/C28H24FN5O5S/c29-18-8-6-17(7-9-18)24(27(36)32-15-16-4-2-1-3-5-16)34(19-10-11-20-21(14-19)39-13-12-38-20)28(37)25-22(30)23(26(31)35)33-40-25/h1-11,14,24H,12-13,15,30H2,(H2,31,35)(H,32,36). The zero-order chi connectivity index (χ0) is 28.2. The number of anilines is 2. The number of aromatic nitrogens is 1. The fraction of sp³-hybridized carbons (Fsp3) is 0.143. The molecule has 0 bridgehead atoms. The number of nitrogen functional groups attached to an aromatic ring is 1. The average Bonchev–Trinajstić information content (AvgIpc) is 3.36. The van der Waals surface area contributed by atoms with E-state index in [9.17, 15) is 18.8 Å². The summed E-state index contributed by atoms with van der Waals surface area (Å²) in [5, 5.41) is 2.87. The first kappa shape index (κ1) is 26.6. The van der Waals surface area contributed by atoms with Crippen LogP contribution < -0.4 is 31.2 Å². The van der Waals surface area contributed by atoms with Crippen molar-refractivity contribution in [1.29, 1.82) is 0 Å². The lowest BCUT2D eigenvalue weighted by molar-refractivity contribution is -0.122. The third kappa shape index (κ3) is 5.43. The number of carbonyl (C=O) groups is 3. The minimum atomic E-state index is -1.28. The average molecular weight is 562 g/mol. The first-order valence-electron chi connectivity index (χ1n) is 12.2. The molecule has 0 fully saturated rings. The largest absolute Gasteiger partial charge is 0.486 e. The molecule has 0 aliphatic carbocycles. The van der Waals surface area contributed by atoms with Gasteiger partial charge in [0.1, 0.15) is 29.9 Å². The number of nitrogens with two attached hydrogens (primary N) is 2. The molecular formula is C28H24FN5O5S. The Morgan fingerprint density at radius 1 is 1.00 bits per heavy atom. The maximum atomic E-state index is 14.2. The Balaban J connectivity index is 1.63. The van der Waals surface area contributed by atoms with Crippen molar-refractivity contribution in [3.8, 4) is 11.5 Å². The fourth-order valence-corrected chi connectivity index (χ4v) is 4.99. The van der Waals surface area contributed by atoms with Gasteiger partial charge in [-0.15, -0.1) is 0 Å². The highest BCUT2D eigenvalue weighted by Crippen LogP contribution is 2.39. The number of amides is 3. The van der Waals surface area contributed by atoms with Gasteiger partial charge < -0.3 is 26.3 Å². The molecule has 2 heterocycles. The molecule has 0 radical (unpaired) electrons. The quantitative estimate of drug-likeness (QED) is 0.298. The van der Waals surface area contributed by atoms with Gasteiger partial charge in [0, 0.05) is 18.3 Å². The van der Waals surface area contributed by atoms with Crippen LogP contribution in [0.25, 0.3) is 0 Å². The van der Waals surface area contributed by atoms with Crippen molar-refractivity contribution in [3.05, 3.63) is 100 Å². The highest BCUT2D eigenvalue weighted by atomic mass is 32.1. The summed E-state index contributed by atoms with van der Waals surface area (Å²) >= 11 is 0.687. The van der Waals surface area contributed by atoms with Crippen LogP contribution in [0.3, 0.4) is 0 Å². The normalized spacial score (nSPS) is 12.8. The van der Waals surface area contributed by atoms with E-state index in [2.05, 4.69) is 9.69 Å². The predicted molar refractivity (Wildman–Crippen MR) is 147 cm³/mol. The van der Waals surface area contributed by atoms with E-state index >= 15 is 0 Å². The van der Waals surface area contributed by atoms with Crippen LogP contribution in [0.15, 0.2) is 72.8 Å². The molecule has 1 unspecified atom stereocenters. The van der Waals surface area contributed by atoms with Gasteiger partial charge in [-0.2, -0.15) is 4.37 Å². The molecule has 3 aromatic carbocycles. The molecule has 0 spiro atoms. The number of benzene rings is 3. The maximum absolute atomic E-state index is 14.2. The first-order valence-corrected chi connectivity index (χ1v) is 13.0. The van der Waals surface area contributed by atoms with Gasteiger partial charge in [-0.3, -0.25) is 19.3 Å². The van der Waals surface area contributed by atoms with E-state index in [1.165, 1.54) is 29.2 Å². The topological polar surface area (TPSA) is 150 Å². The number of primary amides is 1. The van der Waals surface area contributed by atoms with Gasteiger partial charge in [-0.05, 0) is 46.9 Å². The summed E-state index contributed by atoms with van der Waals surface area (Å²) in [4.78, 5) is 41.0. The van der Waals surface area contributed by atoms with Gasteiger partial charge in [0.2, 0.25) is 5.91 Å². The van der Waals surface area contributed by atoms with Crippen LogP contribution in [-0.2, 0) is 11.3 Å². The van der Waals surface area contributed by atoms with Crippen molar-refractivity contribution in [1.82, 2.24) is 9.69 Å². The molecule has 4 aromatic rings. The number of ether oxygens (including phenoxy) is 2. The molecular weight excluding hydrogens is 537 g/mol. The Hall–Kier alpha value is -4.97. The summed E-state index contributed by atoms with van der Waals surface area (Å²) < 4.78 is 29.2. The van der Waals surface area contributed by atoms with Crippen molar-refractivity contribution in [2.75, 3.05) is 23.8 Å². The molecule has 1 aliphatic heterocycles. The van der Waals surface area contributed by atoms with Crippen molar-refractivity contribution < 1.29 is 28.2 Å². The van der Waals surface area contributed by atoms with E-state index < -0.39 is 29.6 Å². The molecule has 0 saturated heterocycles. The van der Waals surface area contributed by atoms with Crippen LogP contribution in [-0.4, -0.2) is 35.3 Å². The van der Waals surface area contributed by atoms with E-state index in [4.69, 9.17) is 20.9 Å². The van der Waals surface area contributed by atoms with Crippen molar-refractivity contribution in [3.63, 3.8) is 0 Å². The molecule has 204 valence electrons.